The maximum atomic E-state index is 2.28. The maximum absolute atomic E-state index is 2.28. The summed E-state index contributed by atoms with van der Waals surface area (Å²) in [5, 5.41) is 0. The van der Waals surface area contributed by atoms with Gasteiger partial charge in [0.05, 0.1) is 0 Å². The molecule has 0 heterocycles. The molecule has 0 saturated heterocycles. The van der Waals surface area contributed by atoms with Crippen LogP contribution in [-0.4, -0.2) is 0 Å². The Morgan fingerprint density at radius 1 is 0.933 bits per heavy atom. The predicted octanol–water partition coefficient (Wildman–Crippen LogP) is 6.00. The lowest BCUT2D eigenvalue weighted by molar-refractivity contribution is 0.700. The van der Waals surface area contributed by atoms with Crippen LogP contribution in [0.15, 0.2) is 23.3 Å². The summed E-state index contributed by atoms with van der Waals surface area (Å²) < 4.78 is 0. The standard InChI is InChI=1S/C10H16.2C2H6.CH4/c1-8(2)10-6-4-9(3)5-7-10;2*1-2;/h4,6,8H,5,7H2,1-3H3;2*1-2H3;1H4. The van der Waals surface area contributed by atoms with E-state index in [1.807, 2.05) is 27.7 Å². The van der Waals surface area contributed by atoms with Crippen LogP contribution in [0.5, 0.6) is 0 Å². The quantitative estimate of drug-likeness (QED) is 0.500. The molecule has 0 unspecified atom stereocenters. The van der Waals surface area contributed by atoms with Gasteiger partial charge in [-0.15, -0.1) is 0 Å². The largest absolute Gasteiger partial charge is 0.0776 e. The van der Waals surface area contributed by atoms with Gasteiger partial charge in [-0.1, -0.05) is 72.3 Å². The smallest absolute Gasteiger partial charge is 0.0257 e. The summed E-state index contributed by atoms with van der Waals surface area (Å²) in [5.74, 6) is 0.740. The van der Waals surface area contributed by atoms with Crippen molar-refractivity contribution >= 4 is 0 Å². The van der Waals surface area contributed by atoms with Crippen LogP contribution in [0.1, 0.15) is 68.7 Å². The number of hydrogen-bond acceptors (Lipinski definition) is 0. The highest BCUT2D eigenvalue weighted by Crippen LogP contribution is 2.23. The predicted molar refractivity (Wildman–Crippen MR) is 75.3 cm³/mol. The fourth-order valence-corrected chi connectivity index (χ4v) is 1.24. The van der Waals surface area contributed by atoms with E-state index in [1.165, 1.54) is 18.4 Å². The van der Waals surface area contributed by atoms with Crippen molar-refractivity contribution in [1.29, 1.82) is 0 Å². The highest BCUT2D eigenvalue weighted by molar-refractivity contribution is 5.23. The molecule has 0 aromatic heterocycles. The zero-order valence-electron chi connectivity index (χ0n) is 11.1. The van der Waals surface area contributed by atoms with Crippen molar-refractivity contribution in [2.75, 3.05) is 0 Å². The number of hydrogen-bond donors (Lipinski definition) is 0. The molecule has 0 aromatic rings. The van der Waals surface area contributed by atoms with Gasteiger partial charge in [-0.2, -0.15) is 0 Å². The second-order valence-electron chi connectivity index (χ2n) is 3.41. The van der Waals surface area contributed by atoms with Gasteiger partial charge in [0, 0.05) is 0 Å². The molecule has 0 amide bonds. The minimum atomic E-state index is 0. The summed E-state index contributed by atoms with van der Waals surface area (Å²) in [6.45, 7) is 14.7. The first kappa shape index (κ1) is 20.0. The van der Waals surface area contributed by atoms with Crippen molar-refractivity contribution in [3.63, 3.8) is 0 Å². The van der Waals surface area contributed by atoms with Gasteiger partial charge < -0.3 is 0 Å². The van der Waals surface area contributed by atoms with E-state index in [9.17, 15) is 0 Å². The highest BCUT2D eigenvalue weighted by Gasteiger charge is 2.05. The molecular weight excluding hydrogens is 180 g/mol. The Morgan fingerprint density at radius 3 is 1.67 bits per heavy atom. The van der Waals surface area contributed by atoms with Crippen molar-refractivity contribution in [2.24, 2.45) is 5.92 Å². The van der Waals surface area contributed by atoms with Crippen LogP contribution in [0, 0.1) is 5.92 Å². The van der Waals surface area contributed by atoms with Gasteiger partial charge in [0.1, 0.15) is 0 Å². The van der Waals surface area contributed by atoms with Crippen molar-refractivity contribution < 1.29 is 0 Å². The molecule has 15 heavy (non-hydrogen) atoms. The monoisotopic (exact) mass is 212 g/mol. The molecule has 0 bridgehead atoms. The van der Waals surface area contributed by atoms with Crippen LogP contribution in [-0.2, 0) is 0 Å². The lowest BCUT2D eigenvalue weighted by Crippen LogP contribution is -1.97. The van der Waals surface area contributed by atoms with Crippen LogP contribution >= 0.6 is 0 Å². The maximum Gasteiger partial charge on any atom is -0.0257 e. The van der Waals surface area contributed by atoms with Crippen molar-refractivity contribution in [3.8, 4) is 0 Å². The molecule has 0 fully saturated rings. The van der Waals surface area contributed by atoms with Crippen LogP contribution in [0.2, 0.25) is 0 Å². The lowest BCUT2D eigenvalue weighted by atomic mass is 9.92. The Morgan fingerprint density at radius 2 is 1.40 bits per heavy atom. The van der Waals surface area contributed by atoms with E-state index < -0.39 is 0 Å². The first-order valence-electron chi connectivity index (χ1n) is 6.06. The molecule has 1 rings (SSSR count). The molecule has 0 saturated carbocycles. The third-order valence-corrected chi connectivity index (χ3v) is 2.13. The van der Waals surface area contributed by atoms with Crippen LogP contribution in [0.25, 0.3) is 0 Å². The molecule has 0 spiro atoms. The van der Waals surface area contributed by atoms with Gasteiger partial charge in [0.25, 0.3) is 0 Å². The molecule has 0 aromatic carbocycles. The van der Waals surface area contributed by atoms with Gasteiger partial charge in [-0.25, -0.2) is 0 Å². The average Bonchev–Trinajstić information content (AvgIpc) is 2.24. The van der Waals surface area contributed by atoms with E-state index in [2.05, 4.69) is 32.9 Å². The summed E-state index contributed by atoms with van der Waals surface area (Å²) in [6, 6.07) is 0. The molecule has 0 radical (unpaired) electrons. The first-order chi connectivity index (χ1) is 6.70. The van der Waals surface area contributed by atoms with E-state index in [4.69, 9.17) is 0 Å². The van der Waals surface area contributed by atoms with Crippen LogP contribution in [0.4, 0.5) is 0 Å². The van der Waals surface area contributed by atoms with Gasteiger partial charge in [-0.05, 0) is 25.7 Å². The van der Waals surface area contributed by atoms with Crippen molar-refractivity contribution in [2.45, 2.75) is 68.7 Å². The summed E-state index contributed by atoms with van der Waals surface area (Å²) >= 11 is 0. The minimum absolute atomic E-state index is 0. The second-order valence-corrected chi connectivity index (χ2v) is 3.41. The number of rotatable bonds is 1. The summed E-state index contributed by atoms with van der Waals surface area (Å²) in [4.78, 5) is 0. The van der Waals surface area contributed by atoms with Gasteiger partial charge in [0.2, 0.25) is 0 Å². The highest BCUT2D eigenvalue weighted by atomic mass is 14.1. The van der Waals surface area contributed by atoms with Crippen LogP contribution < -0.4 is 0 Å². The van der Waals surface area contributed by atoms with E-state index in [0.717, 1.165) is 5.92 Å². The van der Waals surface area contributed by atoms with Crippen molar-refractivity contribution in [1.82, 2.24) is 0 Å². The Kier molecular flexibility index (Phi) is 17.9. The third kappa shape index (κ3) is 9.78. The van der Waals surface area contributed by atoms with E-state index in [0.29, 0.717) is 0 Å². The SMILES string of the molecule is C.CC.CC.CC1=CC=C(C(C)C)CC1. The van der Waals surface area contributed by atoms with Crippen LogP contribution in [0.3, 0.4) is 0 Å². The molecular formula is C15H32. The Balaban J connectivity index is -0.000000258. The number of allylic oxidation sites excluding steroid dienone is 4. The van der Waals surface area contributed by atoms with Gasteiger partial charge in [-0.3, -0.25) is 0 Å². The topological polar surface area (TPSA) is 0 Å². The molecule has 0 heteroatoms. The summed E-state index contributed by atoms with van der Waals surface area (Å²) in [6.07, 6.45) is 7.08. The van der Waals surface area contributed by atoms with E-state index in [-0.39, 0.29) is 7.43 Å². The fourth-order valence-electron chi connectivity index (χ4n) is 1.24. The molecule has 1 aliphatic carbocycles. The molecule has 92 valence electrons. The summed E-state index contributed by atoms with van der Waals surface area (Å²) in [7, 11) is 0. The van der Waals surface area contributed by atoms with E-state index >= 15 is 0 Å². The third-order valence-electron chi connectivity index (χ3n) is 2.13. The first-order valence-corrected chi connectivity index (χ1v) is 6.06. The molecule has 0 nitrogen and oxygen atoms in total. The average molecular weight is 212 g/mol. The zero-order chi connectivity index (χ0) is 11.6. The minimum Gasteiger partial charge on any atom is -0.0776 e. The Hall–Kier alpha value is -0.520. The molecule has 0 atom stereocenters. The second kappa shape index (κ2) is 13.5. The van der Waals surface area contributed by atoms with E-state index in [1.54, 1.807) is 5.57 Å². The Bertz CT molecular complexity index is 170. The Labute approximate surface area is 98.5 Å². The lowest BCUT2D eigenvalue weighted by Gasteiger charge is -2.14. The molecule has 1 aliphatic rings. The zero-order valence-corrected chi connectivity index (χ0v) is 11.1. The normalized spacial score (nSPS) is 13.3. The van der Waals surface area contributed by atoms with Crippen molar-refractivity contribution in [3.05, 3.63) is 23.3 Å². The summed E-state index contributed by atoms with van der Waals surface area (Å²) in [5.41, 5.74) is 3.12. The molecule has 0 aliphatic heterocycles. The van der Waals surface area contributed by atoms with Gasteiger partial charge in [0.15, 0.2) is 0 Å². The fraction of sp³-hybridized carbons (Fsp3) is 0.733. The van der Waals surface area contributed by atoms with Gasteiger partial charge >= 0.3 is 0 Å². The molecule has 0 N–H and O–H groups in total.